The van der Waals surface area contributed by atoms with Gasteiger partial charge in [0.1, 0.15) is 0 Å². The lowest BCUT2D eigenvalue weighted by Gasteiger charge is -2.29. The molecular weight excluding hydrogens is 240 g/mol. The third-order valence-corrected chi connectivity index (χ3v) is 3.42. The van der Waals surface area contributed by atoms with Crippen LogP contribution in [-0.4, -0.2) is 24.4 Å². The monoisotopic (exact) mass is 258 g/mol. The van der Waals surface area contributed by atoms with Crippen molar-refractivity contribution in [3.8, 4) is 0 Å². The fraction of sp³-hybridized carbons (Fsp3) is 0.333. The van der Waals surface area contributed by atoms with Crippen molar-refractivity contribution in [2.45, 2.75) is 31.8 Å². The molecule has 2 rings (SSSR count). The predicted octanol–water partition coefficient (Wildman–Crippen LogP) is 1.56. The summed E-state index contributed by atoms with van der Waals surface area (Å²) in [4.78, 5) is 22.8. The van der Waals surface area contributed by atoms with E-state index in [0.29, 0.717) is 12.0 Å². The first kappa shape index (κ1) is 13.3. The van der Waals surface area contributed by atoms with Crippen LogP contribution in [0.2, 0.25) is 0 Å². The maximum Gasteiger partial charge on any atom is 0.251 e. The van der Waals surface area contributed by atoms with Crippen molar-refractivity contribution in [2.24, 2.45) is 0 Å². The highest BCUT2D eigenvalue weighted by Gasteiger charge is 2.24. The number of benzene rings is 1. The Bertz CT molecular complexity index is 497. The van der Waals surface area contributed by atoms with Crippen LogP contribution in [0.25, 0.3) is 0 Å². The molecule has 1 aliphatic carbocycles. The van der Waals surface area contributed by atoms with E-state index < -0.39 is 0 Å². The topological polar surface area (TPSA) is 58.2 Å². The number of rotatable bonds is 4. The van der Waals surface area contributed by atoms with Gasteiger partial charge in [-0.25, -0.2) is 0 Å². The van der Waals surface area contributed by atoms with Crippen LogP contribution >= 0.6 is 0 Å². The summed E-state index contributed by atoms with van der Waals surface area (Å²) in [5.41, 5.74) is 1.63. The molecule has 0 radical (unpaired) electrons. The van der Waals surface area contributed by atoms with Gasteiger partial charge in [0.15, 0.2) is 0 Å². The summed E-state index contributed by atoms with van der Waals surface area (Å²) in [6.45, 7) is 1.91. The Labute approximate surface area is 112 Å². The van der Waals surface area contributed by atoms with E-state index in [1.807, 2.05) is 43.3 Å². The minimum atomic E-state index is -0.0869. The quantitative estimate of drug-likeness (QED) is 0.636. The molecule has 0 aliphatic heterocycles. The molecule has 0 saturated carbocycles. The van der Waals surface area contributed by atoms with Crippen LogP contribution in [0, 0.1) is 6.92 Å². The summed E-state index contributed by atoms with van der Waals surface area (Å²) in [5, 5.41) is 5.76. The maximum absolute atomic E-state index is 12.2. The van der Waals surface area contributed by atoms with E-state index in [9.17, 15) is 9.59 Å². The molecule has 1 aromatic carbocycles. The van der Waals surface area contributed by atoms with E-state index in [-0.39, 0.29) is 18.0 Å². The average Bonchev–Trinajstić information content (AvgIpc) is 2.41. The van der Waals surface area contributed by atoms with Crippen LogP contribution in [0.15, 0.2) is 36.4 Å². The van der Waals surface area contributed by atoms with E-state index in [1.54, 1.807) is 0 Å². The maximum atomic E-state index is 12.2. The molecule has 0 aromatic heterocycles. The first-order chi connectivity index (χ1) is 9.22. The highest BCUT2D eigenvalue weighted by Crippen LogP contribution is 2.14. The summed E-state index contributed by atoms with van der Waals surface area (Å²) < 4.78 is 0. The zero-order chi connectivity index (χ0) is 13.7. The van der Waals surface area contributed by atoms with Crippen molar-refractivity contribution in [1.82, 2.24) is 10.6 Å². The van der Waals surface area contributed by atoms with Crippen LogP contribution in [0.5, 0.6) is 0 Å². The standard InChI is InChI=1S/C15H18N2O2/c1-11-6-2-3-7-12(11)15(19)17-14-9-5-4-8-13(14)16-10-18/h2-7,10,13-14H,8-9H2,1H3,(H,16,18)(H,17,19)/t13-,14+/m0/s1. The van der Waals surface area contributed by atoms with Crippen molar-refractivity contribution in [2.75, 3.05) is 0 Å². The van der Waals surface area contributed by atoms with Gasteiger partial charge in [-0.05, 0) is 31.4 Å². The van der Waals surface area contributed by atoms with Crippen molar-refractivity contribution in [3.63, 3.8) is 0 Å². The molecule has 4 heteroatoms. The van der Waals surface area contributed by atoms with Gasteiger partial charge in [-0.2, -0.15) is 0 Å². The van der Waals surface area contributed by atoms with Crippen LogP contribution in [-0.2, 0) is 4.79 Å². The molecule has 2 atom stereocenters. The Morgan fingerprint density at radius 3 is 2.58 bits per heavy atom. The first-order valence-corrected chi connectivity index (χ1v) is 6.43. The second-order valence-corrected chi connectivity index (χ2v) is 4.73. The van der Waals surface area contributed by atoms with Gasteiger partial charge in [0, 0.05) is 5.56 Å². The zero-order valence-electron chi connectivity index (χ0n) is 10.9. The van der Waals surface area contributed by atoms with Gasteiger partial charge in [0.05, 0.1) is 12.1 Å². The second-order valence-electron chi connectivity index (χ2n) is 4.73. The van der Waals surface area contributed by atoms with Crippen molar-refractivity contribution in [1.29, 1.82) is 0 Å². The number of carbonyl (C=O) groups is 2. The normalized spacial score (nSPS) is 21.7. The molecule has 4 nitrogen and oxygen atoms in total. The number of hydrogen-bond donors (Lipinski definition) is 2. The van der Waals surface area contributed by atoms with E-state index in [1.165, 1.54) is 0 Å². The highest BCUT2D eigenvalue weighted by molar-refractivity contribution is 5.95. The molecule has 0 bridgehead atoms. The van der Waals surface area contributed by atoms with Gasteiger partial charge in [0.25, 0.3) is 5.91 Å². The molecule has 1 aliphatic rings. The first-order valence-electron chi connectivity index (χ1n) is 6.43. The molecule has 19 heavy (non-hydrogen) atoms. The lowest BCUT2D eigenvalue weighted by molar-refractivity contribution is -0.110. The molecule has 2 amide bonds. The number of nitrogens with one attached hydrogen (secondary N) is 2. The third kappa shape index (κ3) is 3.22. The van der Waals surface area contributed by atoms with E-state index in [0.717, 1.165) is 18.4 Å². The SMILES string of the molecule is Cc1ccccc1C(=O)N[C@@H]1CC=CC[C@@H]1NC=O. The molecule has 0 saturated heterocycles. The number of carbonyl (C=O) groups excluding carboxylic acids is 2. The number of aryl methyl sites for hydroxylation is 1. The molecule has 2 N–H and O–H groups in total. The predicted molar refractivity (Wildman–Crippen MR) is 73.8 cm³/mol. The van der Waals surface area contributed by atoms with Gasteiger partial charge >= 0.3 is 0 Å². The Morgan fingerprint density at radius 1 is 1.21 bits per heavy atom. The van der Waals surface area contributed by atoms with Crippen molar-refractivity contribution >= 4 is 12.3 Å². The van der Waals surface area contributed by atoms with Crippen LogP contribution < -0.4 is 10.6 Å². The Morgan fingerprint density at radius 2 is 1.89 bits per heavy atom. The summed E-state index contributed by atoms with van der Waals surface area (Å²) >= 11 is 0. The van der Waals surface area contributed by atoms with Crippen LogP contribution in [0.4, 0.5) is 0 Å². The van der Waals surface area contributed by atoms with Crippen LogP contribution in [0.1, 0.15) is 28.8 Å². The van der Waals surface area contributed by atoms with E-state index in [4.69, 9.17) is 0 Å². The largest absolute Gasteiger partial charge is 0.354 e. The third-order valence-electron chi connectivity index (χ3n) is 3.42. The highest BCUT2D eigenvalue weighted by atomic mass is 16.2. The summed E-state index contributed by atoms with van der Waals surface area (Å²) in [5.74, 6) is -0.0869. The summed E-state index contributed by atoms with van der Waals surface area (Å²) in [7, 11) is 0. The van der Waals surface area contributed by atoms with Gasteiger partial charge in [-0.15, -0.1) is 0 Å². The van der Waals surface area contributed by atoms with Crippen LogP contribution in [0.3, 0.4) is 0 Å². The zero-order valence-corrected chi connectivity index (χ0v) is 10.9. The van der Waals surface area contributed by atoms with Crippen molar-refractivity contribution in [3.05, 3.63) is 47.5 Å². The molecule has 0 unspecified atom stereocenters. The summed E-state index contributed by atoms with van der Waals surface area (Å²) in [6, 6.07) is 7.40. The fourth-order valence-corrected chi connectivity index (χ4v) is 2.32. The van der Waals surface area contributed by atoms with Gasteiger partial charge < -0.3 is 10.6 Å². The van der Waals surface area contributed by atoms with Crippen molar-refractivity contribution < 1.29 is 9.59 Å². The molecule has 0 heterocycles. The number of hydrogen-bond acceptors (Lipinski definition) is 2. The molecular formula is C15H18N2O2. The molecule has 1 aromatic rings. The smallest absolute Gasteiger partial charge is 0.251 e. The van der Waals surface area contributed by atoms with Gasteiger partial charge in [-0.3, -0.25) is 9.59 Å². The molecule has 0 spiro atoms. The molecule has 100 valence electrons. The van der Waals surface area contributed by atoms with E-state index >= 15 is 0 Å². The second kappa shape index (κ2) is 6.18. The number of amides is 2. The lowest BCUT2D eigenvalue weighted by atomic mass is 9.95. The minimum Gasteiger partial charge on any atom is -0.354 e. The molecule has 0 fully saturated rings. The van der Waals surface area contributed by atoms with Gasteiger partial charge in [-0.1, -0.05) is 30.4 Å². The van der Waals surface area contributed by atoms with E-state index in [2.05, 4.69) is 10.6 Å². The lowest BCUT2D eigenvalue weighted by Crippen LogP contribution is -2.50. The minimum absolute atomic E-state index is 0.0320. The summed E-state index contributed by atoms with van der Waals surface area (Å²) in [6.07, 6.45) is 6.24. The Balaban J connectivity index is 2.07. The Kier molecular flexibility index (Phi) is 4.34. The van der Waals surface area contributed by atoms with Gasteiger partial charge in [0.2, 0.25) is 6.41 Å². The average molecular weight is 258 g/mol. The Hall–Kier alpha value is -2.10. The fourth-order valence-electron chi connectivity index (χ4n) is 2.32.